The smallest absolute Gasteiger partial charge is 0.347 e. The molecule has 0 aromatic rings. The van der Waals surface area contributed by atoms with Crippen molar-refractivity contribution in [2.75, 3.05) is 19.0 Å². The molecule has 1 rings (SSSR count). The van der Waals surface area contributed by atoms with Crippen molar-refractivity contribution in [1.82, 2.24) is 0 Å². The van der Waals surface area contributed by atoms with E-state index in [-0.39, 0.29) is 38.0 Å². The van der Waals surface area contributed by atoms with Crippen LogP contribution in [-0.2, 0) is 33.4 Å². The van der Waals surface area contributed by atoms with Crippen molar-refractivity contribution < 1.29 is 38.5 Å². The van der Waals surface area contributed by atoms with Crippen LogP contribution in [0, 0.1) is 0 Å². The van der Waals surface area contributed by atoms with Gasteiger partial charge in [-0.15, -0.1) is 11.8 Å². The topological polar surface area (TPSA) is 116 Å². The highest BCUT2D eigenvalue weighted by atomic mass is 32.2. The van der Waals surface area contributed by atoms with Gasteiger partial charge in [0.1, 0.15) is 0 Å². The fourth-order valence-electron chi connectivity index (χ4n) is 1.77. The first-order valence-corrected chi connectivity index (χ1v) is 9.54. The summed E-state index contributed by atoms with van der Waals surface area (Å²) in [5.41, 5.74) is -0.751. The van der Waals surface area contributed by atoms with Gasteiger partial charge in [0.15, 0.2) is 11.0 Å². The number of esters is 3. The number of ether oxygens (including phenoxy) is 3. The lowest BCUT2D eigenvalue weighted by Gasteiger charge is -2.10. The Hall–Kier alpha value is -1.68. The van der Waals surface area contributed by atoms with Gasteiger partial charge in [-0.25, -0.2) is 9.59 Å². The van der Waals surface area contributed by atoms with Gasteiger partial charge in [0.25, 0.3) is 0 Å². The number of carboxylic acids is 1. The van der Waals surface area contributed by atoms with Crippen LogP contribution in [0.3, 0.4) is 0 Å². The molecule has 1 saturated heterocycles. The summed E-state index contributed by atoms with van der Waals surface area (Å²) in [5.74, 6) is -2.67. The van der Waals surface area contributed by atoms with Gasteiger partial charge in [0, 0.05) is 18.6 Å². The van der Waals surface area contributed by atoms with Crippen LogP contribution in [0.5, 0.6) is 0 Å². The molecule has 1 fully saturated rings. The highest BCUT2D eigenvalue weighted by Gasteiger charge is 2.33. The zero-order chi connectivity index (χ0) is 18.8. The molecule has 140 valence electrons. The largest absolute Gasteiger partial charge is 0.481 e. The predicted octanol–water partition coefficient (Wildman–Crippen LogP) is 1.93. The van der Waals surface area contributed by atoms with E-state index in [1.807, 2.05) is 0 Å². The minimum atomic E-state index is -0.975. The van der Waals surface area contributed by atoms with E-state index < -0.39 is 29.3 Å². The highest BCUT2D eigenvalue weighted by Crippen LogP contribution is 2.44. The van der Waals surface area contributed by atoms with E-state index in [1.54, 1.807) is 13.8 Å². The van der Waals surface area contributed by atoms with E-state index in [2.05, 4.69) is 0 Å². The summed E-state index contributed by atoms with van der Waals surface area (Å²) in [6.45, 7) is 3.49. The Morgan fingerprint density at radius 1 is 1.08 bits per heavy atom. The molecule has 0 saturated carbocycles. The summed E-state index contributed by atoms with van der Waals surface area (Å²) in [6, 6.07) is 0. The molecular weight excluding hydrogens is 372 g/mol. The quantitative estimate of drug-likeness (QED) is 0.205. The second-order valence-electron chi connectivity index (χ2n) is 4.70. The van der Waals surface area contributed by atoms with Crippen molar-refractivity contribution >= 4 is 47.4 Å². The van der Waals surface area contributed by atoms with Crippen LogP contribution in [0.25, 0.3) is 0 Å². The molecule has 0 aromatic carbocycles. The standard InChI is InChI=1S/C15H20O8S2/c1-3-21-13(19)12(14(20)22-4-2)15-24-8-11(25-15)23-10(18)7-5-6-9(16)17/h11H,3-8H2,1-2H3,(H,16,17). The van der Waals surface area contributed by atoms with Crippen molar-refractivity contribution in [3.63, 3.8) is 0 Å². The van der Waals surface area contributed by atoms with Gasteiger partial charge in [0.2, 0.25) is 0 Å². The molecule has 1 N–H and O–H groups in total. The Bertz CT molecular complexity index is 538. The lowest BCUT2D eigenvalue weighted by Crippen LogP contribution is -2.19. The normalized spacial score (nSPS) is 16.2. The molecule has 25 heavy (non-hydrogen) atoms. The monoisotopic (exact) mass is 392 g/mol. The number of hydrogen-bond acceptors (Lipinski definition) is 9. The van der Waals surface area contributed by atoms with E-state index in [4.69, 9.17) is 19.3 Å². The van der Waals surface area contributed by atoms with Crippen LogP contribution in [0.4, 0.5) is 0 Å². The van der Waals surface area contributed by atoms with E-state index >= 15 is 0 Å². The van der Waals surface area contributed by atoms with Crippen LogP contribution < -0.4 is 0 Å². The first-order valence-electron chi connectivity index (χ1n) is 7.68. The summed E-state index contributed by atoms with van der Waals surface area (Å²) in [6.07, 6.45) is 0.0800. The SMILES string of the molecule is CCOC(=O)C(C(=O)OCC)=C1SCC(OC(=O)CCCC(=O)O)S1. The van der Waals surface area contributed by atoms with Crippen molar-refractivity contribution in [2.24, 2.45) is 0 Å². The minimum absolute atomic E-state index is 0.00428. The molecule has 1 unspecified atom stereocenters. The van der Waals surface area contributed by atoms with E-state index in [0.717, 1.165) is 11.8 Å². The molecule has 0 bridgehead atoms. The molecular formula is C15H20O8S2. The number of carbonyl (C=O) groups is 4. The molecule has 8 nitrogen and oxygen atoms in total. The van der Waals surface area contributed by atoms with Gasteiger partial charge >= 0.3 is 23.9 Å². The lowest BCUT2D eigenvalue weighted by atomic mass is 10.2. The third kappa shape index (κ3) is 7.39. The van der Waals surface area contributed by atoms with Crippen LogP contribution in [0.2, 0.25) is 0 Å². The maximum atomic E-state index is 12.0. The fourth-order valence-corrected chi connectivity index (χ4v) is 4.39. The van der Waals surface area contributed by atoms with E-state index in [1.165, 1.54) is 11.8 Å². The maximum Gasteiger partial charge on any atom is 0.347 e. The number of rotatable bonds is 9. The Balaban J connectivity index is 2.69. The first kappa shape index (κ1) is 21.4. The summed E-state index contributed by atoms with van der Waals surface area (Å²) < 4.78 is 15.4. The summed E-state index contributed by atoms with van der Waals surface area (Å²) in [5, 5.41) is 8.54. The Kier molecular flexibility index (Phi) is 9.43. The molecule has 0 aliphatic carbocycles. The lowest BCUT2D eigenvalue weighted by molar-refractivity contribution is -0.147. The summed E-state index contributed by atoms with van der Waals surface area (Å²) in [7, 11) is 0. The molecule has 0 aromatic heterocycles. The zero-order valence-corrected chi connectivity index (χ0v) is 15.6. The Morgan fingerprint density at radius 2 is 1.68 bits per heavy atom. The van der Waals surface area contributed by atoms with Gasteiger partial charge in [0.05, 0.1) is 17.5 Å². The Labute approximate surface area is 153 Å². The van der Waals surface area contributed by atoms with Crippen molar-refractivity contribution in [2.45, 2.75) is 38.5 Å². The Morgan fingerprint density at radius 3 is 2.20 bits per heavy atom. The van der Waals surface area contributed by atoms with Crippen LogP contribution in [0.1, 0.15) is 33.1 Å². The van der Waals surface area contributed by atoms with Crippen molar-refractivity contribution in [3.8, 4) is 0 Å². The number of hydrogen-bond donors (Lipinski definition) is 1. The molecule has 10 heteroatoms. The van der Waals surface area contributed by atoms with Crippen molar-refractivity contribution in [1.29, 1.82) is 0 Å². The molecule has 1 aliphatic heterocycles. The van der Waals surface area contributed by atoms with Crippen molar-refractivity contribution in [3.05, 3.63) is 9.81 Å². The maximum absolute atomic E-state index is 12.0. The van der Waals surface area contributed by atoms with Gasteiger partial charge in [-0.05, 0) is 20.3 Å². The number of carbonyl (C=O) groups excluding carboxylic acids is 3. The fraction of sp³-hybridized carbons (Fsp3) is 0.600. The molecule has 1 heterocycles. The van der Waals surface area contributed by atoms with Crippen LogP contribution in [-0.4, -0.2) is 53.4 Å². The predicted molar refractivity (Wildman–Crippen MR) is 91.7 cm³/mol. The second-order valence-corrected chi connectivity index (χ2v) is 7.16. The second kappa shape index (κ2) is 11.0. The molecule has 1 aliphatic rings. The number of carboxylic acid groups (broad SMARTS) is 1. The van der Waals surface area contributed by atoms with E-state index in [9.17, 15) is 19.2 Å². The molecule has 0 radical (unpaired) electrons. The number of aliphatic carboxylic acids is 1. The minimum Gasteiger partial charge on any atom is -0.481 e. The first-order chi connectivity index (χ1) is 11.9. The average Bonchev–Trinajstić information content (AvgIpc) is 2.95. The van der Waals surface area contributed by atoms with Gasteiger partial charge in [-0.1, -0.05) is 11.8 Å². The van der Waals surface area contributed by atoms with Gasteiger partial charge < -0.3 is 19.3 Å². The summed E-state index contributed by atoms with van der Waals surface area (Å²) in [4.78, 5) is 46.1. The van der Waals surface area contributed by atoms with E-state index in [0.29, 0.717) is 9.99 Å². The summed E-state index contributed by atoms with van der Waals surface area (Å²) >= 11 is 2.28. The van der Waals surface area contributed by atoms with Crippen LogP contribution >= 0.6 is 23.5 Å². The molecule has 1 atom stereocenters. The third-order valence-electron chi connectivity index (χ3n) is 2.79. The molecule has 0 spiro atoms. The van der Waals surface area contributed by atoms with Crippen LogP contribution in [0.15, 0.2) is 9.81 Å². The number of thioether (sulfide) groups is 2. The molecule has 0 amide bonds. The van der Waals surface area contributed by atoms with Gasteiger partial charge in [-0.3, -0.25) is 9.59 Å². The average molecular weight is 392 g/mol. The third-order valence-corrected chi connectivity index (χ3v) is 5.52. The zero-order valence-electron chi connectivity index (χ0n) is 13.9. The highest BCUT2D eigenvalue weighted by molar-refractivity contribution is 8.25. The van der Waals surface area contributed by atoms with Gasteiger partial charge in [-0.2, -0.15) is 0 Å².